The van der Waals surface area contributed by atoms with E-state index in [2.05, 4.69) is 11.1 Å². The minimum atomic E-state index is -3.53. The van der Waals surface area contributed by atoms with Gasteiger partial charge in [-0.1, -0.05) is 0 Å². The Hall–Kier alpha value is -3.19. The van der Waals surface area contributed by atoms with E-state index in [-0.39, 0.29) is 45.5 Å². The van der Waals surface area contributed by atoms with Crippen LogP contribution in [-0.4, -0.2) is 44.2 Å². The smallest absolute Gasteiger partial charge is 0.209 e. The zero-order chi connectivity index (χ0) is 23.2. The van der Waals surface area contributed by atoms with Crippen molar-refractivity contribution in [3.63, 3.8) is 0 Å². The van der Waals surface area contributed by atoms with E-state index in [0.29, 0.717) is 29.2 Å². The highest BCUT2D eigenvalue weighted by Crippen LogP contribution is 2.43. The van der Waals surface area contributed by atoms with E-state index in [4.69, 9.17) is 20.3 Å². The van der Waals surface area contributed by atoms with Gasteiger partial charge in [0.25, 0.3) is 0 Å². The number of sulfonamides is 1. The lowest BCUT2D eigenvalue weighted by Gasteiger charge is -2.15. The SMILES string of the molecule is COc1cc(-c2c(C#N)c(N)nc(SCCCCS(N)(=O)=O)c2C#N)cc(OC)c1O. The monoisotopic (exact) mass is 463 g/mol. The van der Waals surface area contributed by atoms with Crippen molar-refractivity contribution < 1.29 is 23.0 Å². The molecule has 0 aliphatic rings. The Labute approximate surface area is 184 Å². The summed E-state index contributed by atoms with van der Waals surface area (Å²) >= 11 is 1.22. The summed E-state index contributed by atoms with van der Waals surface area (Å²) in [4.78, 5) is 4.19. The maximum atomic E-state index is 11.0. The van der Waals surface area contributed by atoms with Crippen molar-refractivity contribution in [2.24, 2.45) is 5.14 Å². The van der Waals surface area contributed by atoms with Crippen LogP contribution in [0.4, 0.5) is 5.82 Å². The van der Waals surface area contributed by atoms with E-state index in [0.717, 1.165) is 0 Å². The summed E-state index contributed by atoms with van der Waals surface area (Å²) in [7, 11) is -0.816. The molecule has 0 saturated carbocycles. The molecule has 0 radical (unpaired) electrons. The number of pyridine rings is 1. The van der Waals surface area contributed by atoms with Gasteiger partial charge in [-0.25, -0.2) is 18.5 Å². The second-order valence-corrected chi connectivity index (χ2v) is 9.12. The van der Waals surface area contributed by atoms with Crippen LogP contribution >= 0.6 is 11.8 Å². The molecule has 2 aromatic rings. The molecule has 0 saturated heterocycles. The molecule has 0 atom stereocenters. The maximum Gasteiger partial charge on any atom is 0.209 e. The number of nitrogen functional groups attached to an aromatic ring is 1. The number of ether oxygens (including phenoxy) is 2. The number of thioether (sulfide) groups is 1. The van der Waals surface area contributed by atoms with E-state index >= 15 is 0 Å². The standard InChI is InChI=1S/C19H21N5O5S2/c1-28-14-7-11(8-15(29-2)17(14)25)16-12(9-20)18(22)24-19(13(16)10-21)30-5-3-4-6-31(23,26)27/h7-8,25H,3-6H2,1-2H3,(H2,22,24)(H2,23,26,27). The van der Waals surface area contributed by atoms with E-state index in [1.165, 1.54) is 38.1 Å². The Kier molecular flexibility index (Phi) is 7.94. The summed E-state index contributed by atoms with van der Waals surface area (Å²) in [6.07, 6.45) is 0.877. The first kappa shape index (κ1) is 24.1. The number of hydrogen-bond acceptors (Lipinski definition) is 10. The highest BCUT2D eigenvalue weighted by Gasteiger charge is 2.23. The van der Waals surface area contributed by atoms with Gasteiger partial charge in [0.1, 0.15) is 28.5 Å². The fraction of sp³-hybridized carbons (Fsp3) is 0.316. The second-order valence-electron chi connectivity index (χ2n) is 6.30. The van der Waals surface area contributed by atoms with Gasteiger partial charge in [-0.05, 0) is 36.3 Å². The van der Waals surface area contributed by atoms with Gasteiger partial charge in [-0.2, -0.15) is 10.5 Å². The molecular formula is C19H21N5O5S2. The Morgan fingerprint density at radius 1 is 1.13 bits per heavy atom. The summed E-state index contributed by atoms with van der Waals surface area (Å²) in [6, 6.07) is 6.98. The van der Waals surface area contributed by atoms with E-state index in [1.807, 2.05) is 6.07 Å². The summed E-state index contributed by atoms with van der Waals surface area (Å²) in [5, 5.41) is 34.9. The normalized spacial score (nSPS) is 10.9. The molecule has 164 valence electrons. The number of nitrogens with two attached hydrogens (primary N) is 2. The third kappa shape index (κ3) is 5.70. The van der Waals surface area contributed by atoms with Crippen molar-refractivity contribution in [1.29, 1.82) is 10.5 Å². The van der Waals surface area contributed by atoms with Crippen LogP contribution in [0.15, 0.2) is 17.2 Å². The van der Waals surface area contributed by atoms with Gasteiger partial charge >= 0.3 is 0 Å². The van der Waals surface area contributed by atoms with Gasteiger partial charge < -0.3 is 20.3 Å². The summed E-state index contributed by atoms with van der Waals surface area (Å²) in [5.74, 6) is 0.223. The number of phenolic OH excluding ortho intramolecular Hbond substituents is 1. The van der Waals surface area contributed by atoms with E-state index < -0.39 is 10.0 Å². The number of primary sulfonamides is 1. The van der Waals surface area contributed by atoms with Gasteiger partial charge in [0.05, 0.1) is 25.5 Å². The molecule has 1 aromatic carbocycles. The van der Waals surface area contributed by atoms with Gasteiger partial charge in [0, 0.05) is 5.56 Å². The van der Waals surface area contributed by atoms with Gasteiger partial charge in [-0.3, -0.25) is 0 Å². The molecule has 12 heteroatoms. The molecule has 2 rings (SSSR count). The van der Waals surface area contributed by atoms with Crippen molar-refractivity contribution in [2.75, 3.05) is 31.5 Å². The van der Waals surface area contributed by atoms with Crippen LogP contribution in [0.3, 0.4) is 0 Å². The zero-order valence-corrected chi connectivity index (χ0v) is 18.5. The molecular weight excluding hydrogens is 442 g/mol. The number of hydrogen-bond donors (Lipinski definition) is 3. The third-order valence-electron chi connectivity index (χ3n) is 4.25. The predicted octanol–water partition coefficient (Wildman–Crippen LogP) is 1.96. The zero-order valence-electron chi connectivity index (χ0n) is 16.9. The van der Waals surface area contributed by atoms with Crippen LogP contribution in [0.1, 0.15) is 24.0 Å². The van der Waals surface area contributed by atoms with Crippen LogP contribution in [0, 0.1) is 22.7 Å². The number of unbranched alkanes of at least 4 members (excludes halogenated alkanes) is 1. The van der Waals surface area contributed by atoms with Crippen LogP contribution in [0.25, 0.3) is 11.1 Å². The Bertz CT molecular complexity index is 1140. The van der Waals surface area contributed by atoms with Crippen molar-refractivity contribution in [2.45, 2.75) is 17.9 Å². The lowest BCUT2D eigenvalue weighted by Crippen LogP contribution is -2.16. The second kappa shape index (κ2) is 10.2. The fourth-order valence-electron chi connectivity index (χ4n) is 2.80. The number of anilines is 1. The molecule has 10 nitrogen and oxygen atoms in total. The van der Waals surface area contributed by atoms with Crippen molar-refractivity contribution >= 4 is 27.6 Å². The average Bonchev–Trinajstić information content (AvgIpc) is 2.72. The Morgan fingerprint density at radius 2 is 1.71 bits per heavy atom. The van der Waals surface area contributed by atoms with Crippen LogP contribution in [0.2, 0.25) is 0 Å². The molecule has 1 heterocycles. The number of benzene rings is 1. The third-order valence-corrected chi connectivity index (χ3v) is 6.17. The number of aromatic hydroxyl groups is 1. The number of rotatable bonds is 9. The van der Waals surface area contributed by atoms with Gasteiger partial charge in [0.15, 0.2) is 11.5 Å². The number of phenols is 1. The number of nitrogens with zero attached hydrogens (tertiary/aromatic N) is 3. The van der Waals surface area contributed by atoms with Crippen LogP contribution < -0.4 is 20.3 Å². The lowest BCUT2D eigenvalue weighted by molar-refractivity contribution is 0.340. The highest BCUT2D eigenvalue weighted by molar-refractivity contribution is 7.99. The van der Waals surface area contributed by atoms with Crippen LogP contribution in [-0.2, 0) is 10.0 Å². The number of aromatic nitrogens is 1. The first-order valence-electron chi connectivity index (χ1n) is 8.89. The van der Waals surface area contributed by atoms with Gasteiger partial charge in [0.2, 0.25) is 15.8 Å². The number of nitriles is 2. The molecule has 0 unspecified atom stereocenters. The van der Waals surface area contributed by atoms with Crippen LogP contribution in [0.5, 0.6) is 17.2 Å². The minimum Gasteiger partial charge on any atom is -0.502 e. The van der Waals surface area contributed by atoms with Crippen molar-refractivity contribution in [3.8, 4) is 40.5 Å². The maximum absolute atomic E-state index is 11.0. The molecule has 0 aliphatic carbocycles. The van der Waals surface area contributed by atoms with Gasteiger partial charge in [-0.15, -0.1) is 11.8 Å². The lowest BCUT2D eigenvalue weighted by atomic mass is 9.96. The minimum absolute atomic E-state index is 0.00456. The number of methoxy groups -OCH3 is 2. The fourth-order valence-corrected chi connectivity index (χ4v) is 4.41. The Morgan fingerprint density at radius 3 is 2.19 bits per heavy atom. The molecule has 0 amide bonds. The molecule has 5 N–H and O–H groups in total. The molecule has 0 aliphatic heterocycles. The van der Waals surface area contributed by atoms with E-state index in [9.17, 15) is 24.0 Å². The highest BCUT2D eigenvalue weighted by atomic mass is 32.2. The van der Waals surface area contributed by atoms with E-state index in [1.54, 1.807) is 0 Å². The average molecular weight is 464 g/mol. The molecule has 0 fully saturated rings. The Balaban J connectivity index is 2.53. The largest absolute Gasteiger partial charge is 0.502 e. The topological polar surface area (TPSA) is 185 Å². The van der Waals surface area contributed by atoms with Crippen molar-refractivity contribution in [1.82, 2.24) is 4.98 Å². The summed E-state index contributed by atoms with van der Waals surface area (Å²) < 4.78 is 32.4. The molecule has 31 heavy (non-hydrogen) atoms. The molecule has 0 bridgehead atoms. The predicted molar refractivity (Wildman–Crippen MR) is 116 cm³/mol. The first-order valence-corrected chi connectivity index (χ1v) is 11.6. The summed E-state index contributed by atoms with van der Waals surface area (Å²) in [5.41, 5.74) is 6.73. The quantitative estimate of drug-likeness (QED) is 0.366. The summed E-state index contributed by atoms with van der Waals surface area (Å²) in [6.45, 7) is 0. The van der Waals surface area contributed by atoms with Crippen molar-refractivity contribution in [3.05, 3.63) is 23.3 Å². The first-order chi connectivity index (χ1) is 14.7. The molecule has 1 aromatic heterocycles. The molecule has 0 spiro atoms.